The first kappa shape index (κ1) is 22.9. The van der Waals surface area contributed by atoms with Crippen molar-refractivity contribution in [3.8, 4) is 0 Å². The molecule has 0 bridgehead atoms. The predicted octanol–water partition coefficient (Wildman–Crippen LogP) is 2.71. The molecule has 1 rings (SSSR count). The number of hydrogen-bond donors (Lipinski definition) is 2. The summed E-state index contributed by atoms with van der Waals surface area (Å²) in [5.74, 6) is 1.71. The number of nitrogens with one attached hydrogen (secondary N) is 2. The van der Waals surface area contributed by atoms with Gasteiger partial charge in [0, 0.05) is 39.4 Å². The molecule has 0 saturated heterocycles. The molecule has 6 heteroatoms. The lowest BCUT2D eigenvalue weighted by atomic mass is 9.83. The Balaban J connectivity index is 0.00000484. The smallest absolute Gasteiger partial charge is 0.191 e. The number of ether oxygens (including phenoxy) is 1. The molecule has 0 spiro atoms. The maximum absolute atomic E-state index is 5.35. The summed E-state index contributed by atoms with van der Waals surface area (Å²) >= 11 is 0. The van der Waals surface area contributed by atoms with E-state index >= 15 is 0 Å². The number of rotatable bonds is 9. The zero-order chi connectivity index (χ0) is 16.2. The lowest BCUT2D eigenvalue weighted by Crippen LogP contribution is -2.48. The highest BCUT2D eigenvalue weighted by Gasteiger charge is 2.25. The SMILES string of the molecule is CCOCCCNC(=NC)NCC(C1CCCCC1)N(C)C.I. The minimum atomic E-state index is 0. The summed E-state index contributed by atoms with van der Waals surface area (Å²) in [6, 6.07) is 0.585. The van der Waals surface area contributed by atoms with Crippen molar-refractivity contribution in [2.45, 2.75) is 51.5 Å². The minimum Gasteiger partial charge on any atom is -0.382 e. The summed E-state index contributed by atoms with van der Waals surface area (Å²) in [5, 5.41) is 6.86. The Bertz CT molecular complexity index is 307. The van der Waals surface area contributed by atoms with Crippen LogP contribution in [-0.4, -0.2) is 64.3 Å². The van der Waals surface area contributed by atoms with Crippen molar-refractivity contribution in [2.75, 3.05) is 47.4 Å². The van der Waals surface area contributed by atoms with E-state index in [1.54, 1.807) is 0 Å². The molecule has 1 atom stereocenters. The van der Waals surface area contributed by atoms with Gasteiger partial charge in [0.15, 0.2) is 5.96 Å². The van der Waals surface area contributed by atoms with Crippen LogP contribution < -0.4 is 10.6 Å². The van der Waals surface area contributed by atoms with Gasteiger partial charge in [0.25, 0.3) is 0 Å². The molecule has 0 aromatic heterocycles. The molecule has 2 N–H and O–H groups in total. The zero-order valence-corrected chi connectivity index (χ0v) is 17.8. The summed E-state index contributed by atoms with van der Waals surface area (Å²) in [4.78, 5) is 6.68. The van der Waals surface area contributed by atoms with Gasteiger partial charge in [-0.15, -0.1) is 24.0 Å². The number of halogens is 1. The quantitative estimate of drug-likeness (QED) is 0.251. The van der Waals surface area contributed by atoms with Crippen LogP contribution in [0.25, 0.3) is 0 Å². The molecule has 23 heavy (non-hydrogen) atoms. The maximum atomic E-state index is 5.35. The Kier molecular flexibility index (Phi) is 14.2. The van der Waals surface area contributed by atoms with Gasteiger partial charge in [0.2, 0.25) is 0 Å². The molecule has 0 aromatic rings. The monoisotopic (exact) mass is 440 g/mol. The van der Waals surface area contributed by atoms with Gasteiger partial charge in [-0.1, -0.05) is 19.3 Å². The normalized spacial score (nSPS) is 17.7. The van der Waals surface area contributed by atoms with Crippen LogP contribution >= 0.6 is 24.0 Å². The van der Waals surface area contributed by atoms with Gasteiger partial charge in [-0.25, -0.2) is 0 Å². The van der Waals surface area contributed by atoms with Crippen LogP contribution in [0.15, 0.2) is 4.99 Å². The van der Waals surface area contributed by atoms with Crippen LogP contribution in [0, 0.1) is 5.92 Å². The molecule has 0 radical (unpaired) electrons. The number of likely N-dealkylation sites (N-methyl/N-ethyl adjacent to an activating group) is 1. The standard InChI is InChI=1S/C17H36N4O.HI/c1-5-22-13-9-12-19-17(18-2)20-14-16(21(3)4)15-10-7-6-8-11-15;/h15-16H,5-14H2,1-4H3,(H2,18,19,20);1H. The van der Waals surface area contributed by atoms with Crippen LogP contribution in [0.4, 0.5) is 0 Å². The number of hydrogen-bond acceptors (Lipinski definition) is 3. The molecule has 0 aromatic carbocycles. The fourth-order valence-corrected chi connectivity index (χ4v) is 3.24. The first-order valence-electron chi connectivity index (χ1n) is 8.87. The third-order valence-corrected chi connectivity index (χ3v) is 4.52. The minimum absolute atomic E-state index is 0. The van der Waals surface area contributed by atoms with E-state index in [9.17, 15) is 0 Å². The molecule has 1 aliphatic rings. The van der Waals surface area contributed by atoms with Gasteiger partial charge < -0.3 is 20.3 Å². The number of aliphatic imine (C=N–C) groups is 1. The summed E-state index contributed by atoms with van der Waals surface area (Å²) in [7, 11) is 6.22. The van der Waals surface area contributed by atoms with Crippen molar-refractivity contribution < 1.29 is 4.74 Å². The second-order valence-corrected chi connectivity index (χ2v) is 6.36. The highest BCUT2D eigenvalue weighted by molar-refractivity contribution is 14.0. The topological polar surface area (TPSA) is 48.9 Å². The average molecular weight is 440 g/mol. The van der Waals surface area contributed by atoms with Crippen LogP contribution in [0.3, 0.4) is 0 Å². The predicted molar refractivity (Wildman–Crippen MR) is 110 cm³/mol. The Morgan fingerprint density at radius 3 is 2.48 bits per heavy atom. The summed E-state index contributed by atoms with van der Waals surface area (Å²) in [6.45, 7) is 5.49. The average Bonchev–Trinajstić information content (AvgIpc) is 2.53. The summed E-state index contributed by atoms with van der Waals surface area (Å²) < 4.78 is 5.35. The van der Waals surface area contributed by atoms with E-state index in [-0.39, 0.29) is 24.0 Å². The van der Waals surface area contributed by atoms with E-state index in [1.807, 2.05) is 14.0 Å². The van der Waals surface area contributed by atoms with Crippen molar-refractivity contribution in [3.63, 3.8) is 0 Å². The van der Waals surface area contributed by atoms with Gasteiger partial charge in [0.05, 0.1) is 0 Å². The van der Waals surface area contributed by atoms with Crippen molar-refractivity contribution in [2.24, 2.45) is 10.9 Å². The summed E-state index contributed by atoms with van der Waals surface area (Å²) in [5.41, 5.74) is 0. The van der Waals surface area contributed by atoms with Crippen LogP contribution in [0.2, 0.25) is 0 Å². The van der Waals surface area contributed by atoms with Crippen molar-refractivity contribution in [3.05, 3.63) is 0 Å². The van der Waals surface area contributed by atoms with E-state index < -0.39 is 0 Å². The first-order valence-corrected chi connectivity index (χ1v) is 8.87. The highest BCUT2D eigenvalue weighted by atomic mass is 127. The van der Waals surface area contributed by atoms with E-state index in [0.29, 0.717) is 6.04 Å². The maximum Gasteiger partial charge on any atom is 0.191 e. The molecule has 1 fully saturated rings. The van der Waals surface area contributed by atoms with E-state index in [4.69, 9.17) is 4.74 Å². The third kappa shape index (κ3) is 9.72. The van der Waals surface area contributed by atoms with Gasteiger partial charge >= 0.3 is 0 Å². The van der Waals surface area contributed by atoms with Crippen LogP contribution in [0.1, 0.15) is 45.4 Å². The molecule has 0 heterocycles. The zero-order valence-electron chi connectivity index (χ0n) is 15.4. The fraction of sp³-hybridized carbons (Fsp3) is 0.941. The van der Waals surface area contributed by atoms with Crippen molar-refractivity contribution in [1.82, 2.24) is 15.5 Å². The van der Waals surface area contributed by atoms with Crippen molar-refractivity contribution in [1.29, 1.82) is 0 Å². The molecule has 1 aliphatic carbocycles. The Morgan fingerprint density at radius 2 is 1.91 bits per heavy atom. The largest absolute Gasteiger partial charge is 0.382 e. The van der Waals surface area contributed by atoms with Gasteiger partial charge in [0.1, 0.15) is 0 Å². The molecular formula is C17H37IN4O. The van der Waals surface area contributed by atoms with E-state index in [0.717, 1.165) is 44.6 Å². The number of guanidine groups is 1. The molecule has 0 aliphatic heterocycles. The van der Waals surface area contributed by atoms with Crippen LogP contribution in [0.5, 0.6) is 0 Å². The van der Waals surface area contributed by atoms with Crippen LogP contribution in [-0.2, 0) is 4.74 Å². The lowest BCUT2D eigenvalue weighted by molar-refractivity contribution is 0.145. The van der Waals surface area contributed by atoms with Crippen molar-refractivity contribution >= 4 is 29.9 Å². The highest BCUT2D eigenvalue weighted by Crippen LogP contribution is 2.27. The molecule has 138 valence electrons. The molecular weight excluding hydrogens is 403 g/mol. The Morgan fingerprint density at radius 1 is 1.22 bits per heavy atom. The number of nitrogens with zero attached hydrogens (tertiary/aromatic N) is 2. The van der Waals surface area contributed by atoms with E-state index in [1.165, 1.54) is 32.1 Å². The molecule has 0 amide bonds. The van der Waals surface area contributed by atoms with E-state index in [2.05, 4.69) is 34.6 Å². The van der Waals surface area contributed by atoms with Gasteiger partial charge in [-0.2, -0.15) is 0 Å². The second-order valence-electron chi connectivity index (χ2n) is 6.36. The Hall–Kier alpha value is -0.0800. The molecule has 1 unspecified atom stereocenters. The third-order valence-electron chi connectivity index (χ3n) is 4.52. The Labute approximate surface area is 160 Å². The van der Waals surface area contributed by atoms with Gasteiger partial charge in [-0.3, -0.25) is 4.99 Å². The fourth-order valence-electron chi connectivity index (χ4n) is 3.24. The lowest BCUT2D eigenvalue weighted by Gasteiger charge is -2.35. The first-order chi connectivity index (χ1) is 10.7. The van der Waals surface area contributed by atoms with Gasteiger partial charge in [-0.05, 0) is 46.2 Å². The summed E-state index contributed by atoms with van der Waals surface area (Å²) in [6.07, 6.45) is 7.93. The molecule has 1 saturated carbocycles. The second kappa shape index (κ2) is 14.3. The molecule has 5 nitrogen and oxygen atoms in total.